The quantitative estimate of drug-likeness (QED) is 0.759. The van der Waals surface area contributed by atoms with Crippen molar-refractivity contribution in [2.75, 3.05) is 11.6 Å². The first kappa shape index (κ1) is 16.4. The largest absolute Gasteiger partial charge is 0.415 e. The summed E-state index contributed by atoms with van der Waals surface area (Å²) in [5.74, 6) is 1.14. The summed E-state index contributed by atoms with van der Waals surface area (Å²) in [6, 6.07) is 7.45. The smallest absolute Gasteiger partial charge is 0.277 e. The molecule has 0 radical (unpaired) electrons. The Morgan fingerprint density at radius 2 is 2.29 bits per heavy atom. The van der Waals surface area contributed by atoms with Crippen LogP contribution in [0.4, 0.5) is 5.69 Å². The van der Waals surface area contributed by atoms with Crippen molar-refractivity contribution in [3.05, 3.63) is 34.6 Å². The maximum Gasteiger partial charge on any atom is 0.277 e. The molecule has 0 spiro atoms. The van der Waals surface area contributed by atoms with Gasteiger partial charge in [-0.3, -0.25) is 4.79 Å². The van der Waals surface area contributed by atoms with Gasteiger partial charge in [0.25, 0.3) is 5.22 Å². The molecule has 21 heavy (non-hydrogen) atoms. The summed E-state index contributed by atoms with van der Waals surface area (Å²) >= 11 is 6.22. The van der Waals surface area contributed by atoms with Crippen LogP contribution < -0.4 is 5.32 Å². The van der Waals surface area contributed by atoms with Gasteiger partial charge in [-0.15, -0.1) is 10.2 Å². The topological polar surface area (TPSA) is 68.0 Å². The zero-order valence-corrected chi connectivity index (χ0v) is 14.7. The number of aromatic nitrogens is 2. The van der Waals surface area contributed by atoms with E-state index in [0.717, 1.165) is 10.2 Å². The molecule has 2 aromatic rings. The van der Waals surface area contributed by atoms with Gasteiger partial charge in [0.05, 0.1) is 11.0 Å². The molecule has 1 amide bonds. The SMILES string of the molecule is CSCc1nnc(SC(C)C(=O)Nc2cccc(Br)c2)o1. The number of hydrogen-bond donors (Lipinski definition) is 1. The third-order valence-electron chi connectivity index (χ3n) is 2.46. The van der Waals surface area contributed by atoms with Gasteiger partial charge in [-0.05, 0) is 31.4 Å². The number of anilines is 1. The maximum absolute atomic E-state index is 12.1. The van der Waals surface area contributed by atoms with E-state index in [1.54, 1.807) is 18.7 Å². The highest BCUT2D eigenvalue weighted by Gasteiger charge is 2.18. The van der Waals surface area contributed by atoms with Gasteiger partial charge in [-0.25, -0.2) is 0 Å². The Bertz CT molecular complexity index is 621. The molecule has 1 N–H and O–H groups in total. The number of halogens is 1. The van der Waals surface area contributed by atoms with Crippen molar-refractivity contribution in [3.8, 4) is 0 Å². The van der Waals surface area contributed by atoms with Crippen molar-refractivity contribution >= 4 is 51.0 Å². The average Bonchev–Trinajstić information content (AvgIpc) is 2.86. The molecule has 8 heteroatoms. The summed E-state index contributed by atoms with van der Waals surface area (Å²) in [5.41, 5.74) is 0.746. The highest BCUT2D eigenvalue weighted by molar-refractivity contribution is 9.10. The fourth-order valence-corrected chi connectivity index (χ4v) is 2.95. The van der Waals surface area contributed by atoms with Crippen LogP contribution in [0.2, 0.25) is 0 Å². The van der Waals surface area contributed by atoms with Crippen molar-refractivity contribution in [2.24, 2.45) is 0 Å². The van der Waals surface area contributed by atoms with Crippen LogP contribution in [0.1, 0.15) is 12.8 Å². The van der Waals surface area contributed by atoms with Gasteiger partial charge >= 0.3 is 0 Å². The molecule has 0 aliphatic carbocycles. The minimum absolute atomic E-state index is 0.109. The van der Waals surface area contributed by atoms with E-state index in [0.29, 0.717) is 16.9 Å². The molecule has 0 fully saturated rings. The van der Waals surface area contributed by atoms with E-state index < -0.39 is 0 Å². The Morgan fingerprint density at radius 1 is 1.48 bits per heavy atom. The van der Waals surface area contributed by atoms with E-state index in [1.807, 2.05) is 30.5 Å². The first-order valence-corrected chi connectivity index (χ1v) is 9.19. The lowest BCUT2D eigenvalue weighted by molar-refractivity contribution is -0.115. The van der Waals surface area contributed by atoms with E-state index >= 15 is 0 Å². The number of rotatable bonds is 6. The van der Waals surface area contributed by atoms with Gasteiger partial charge in [0.15, 0.2) is 0 Å². The Kier molecular flexibility index (Phi) is 6.13. The minimum Gasteiger partial charge on any atom is -0.415 e. The molecule has 1 aromatic carbocycles. The molecule has 0 aliphatic heterocycles. The predicted molar refractivity (Wildman–Crippen MR) is 89.6 cm³/mol. The van der Waals surface area contributed by atoms with Gasteiger partial charge < -0.3 is 9.73 Å². The van der Waals surface area contributed by atoms with E-state index in [9.17, 15) is 4.79 Å². The maximum atomic E-state index is 12.1. The molecule has 0 saturated carbocycles. The summed E-state index contributed by atoms with van der Waals surface area (Å²) in [6.45, 7) is 1.80. The van der Waals surface area contributed by atoms with Crippen LogP contribution in [0, 0.1) is 0 Å². The molecule has 0 bridgehead atoms. The van der Waals surface area contributed by atoms with E-state index in [1.165, 1.54) is 11.8 Å². The number of benzene rings is 1. The molecule has 112 valence electrons. The van der Waals surface area contributed by atoms with Gasteiger partial charge in [0.2, 0.25) is 11.8 Å². The number of hydrogen-bond acceptors (Lipinski definition) is 6. The van der Waals surface area contributed by atoms with Crippen molar-refractivity contribution in [1.82, 2.24) is 10.2 Å². The molecule has 0 saturated heterocycles. The second-order valence-electron chi connectivity index (χ2n) is 4.15. The monoisotopic (exact) mass is 387 g/mol. The molecule has 1 aromatic heterocycles. The summed E-state index contributed by atoms with van der Waals surface area (Å²) in [6.07, 6.45) is 1.96. The van der Waals surface area contributed by atoms with Gasteiger partial charge in [0.1, 0.15) is 0 Å². The summed E-state index contributed by atoms with van der Waals surface area (Å²) in [4.78, 5) is 12.1. The molecular formula is C13H14BrN3O2S2. The van der Waals surface area contributed by atoms with Crippen LogP contribution in [0.15, 0.2) is 38.4 Å². The Morgan fingerprint density at radius 3 is 3.00 bits per heavy atom. The standard InChI is InChI=1S/C13H14BrN3O2S2/c1-8(21-13-17-16-11(19-13)7-20-2)12(18)15-10-5-3-4-9(14)6-10/h3-6,8H,7H2,1-2H3,(H,15,18). The first-order valence-electron chi connectivity index (χ1n) is 6.13. The second kappa shape index (κ2) is 7.86. The molecular weight excluding hydrogens is 374 g/mol. The fourth-order valence-electron chi connectivity index (χ4n) is 1.48. The van der Waals surface area contributed by atoms with E-state index in [4.69, 9.17) is 4.42 Å². The highest BCUT2D eigenvalue weighted by Crippen LogP contribution is 2.24. The van der Waals surface area contributed by atoms with Crippen LogP contribution in [-0.4, -0.2) is 27.6 Å². The lowest BCUT2D eigenvalue weighted by atomic mass is 10.3. The lowest BCUT2D eigenvalue weighted by Crippen LogP contribution is -2.22. The van der Waals surface area contributed by atoms with E-state index in [2.05, 4.69) is 31.4 Å². The van der Waals surface area contributed by atoms with E-state index in [-0.39, 0.29) is 11.2 Å². The number of nitrogens with zero attached hydrogens (tertiary/aromatic N) is 2. The molecule has 2 rings (SSSR count). The van der Waals surface area contributed by atoms with Gasteiger partial charge in [0, 0.05) is 10.2 Å². The Balaban J connectivity index is 1.92. The third kappa shape index (κ3) is 5.05. The summed E-state index contributed by atoms with van der Waals surface area (Å²) in [5, 5.41) is 10.8. The third-order valence-corrected chi connectivity index (χ3v) is 4.42. The van der Waals surface area contributed by atoms with Crippen molar-refractivity contribution in [1.29, 1.82) is 0 Å². The van der Waals surface area contributed by atoms with Gasteiger partial charge in [-0.1, -0.05) is 33.8 Å². The average molecular weight is 388 g/mol. The number of nitrogens with one attached hydrogen (secondary N) is 1. The Hall–Kier alpha value is -0.990. The van der Waals surface area contributed by atoms with Crippen molar-refractivity contribution < 1.29 is 9.21 Å². The summed E-state index contributed by atoms with van der Waals surface area (Å²) < 4.78 is 6.36. The van der Waals surface area contributed by atoms with Crippen molar-refractivity contribution in [2.45, 2.75) is 23.1 Å². The van der Waals surface area contributed by atoms with Crippen LogP contribution in [0.3, 0.4) is 0 Å². The molecule has 5 nitrogen and oxygen atoms in total. The number of thioether (sulfide) groups is 2. The normalized spacial score (nSPS) is 12.1. The number of carbonyl (C=O) groups is 1. The van der Waals surface area contributed by atoms with Crippen LogP contribution in [0.5, 0.6) is 0 Å². The fraction of sp³-hybridized carbons (Fsp3) is 0.308. The van der Waals surface area contributed by atoms with Gasteiger partial charge in [-0.2, -0.15) is 11.8 Å². The number of amides is 1. The molecule has 1 atom stereocenters. The van der Waals surface area contributed by atoms with Crippen LogP contribution in [0.25, 0.3) is 0 Å². The zero-order valence-electron chi connectivity index (χ0n) is 11.5. The first-order chi connectivity index (χ1) is 10.1. The Labute approximate surface area is 139 Å². The number of carbonyl (C=O) groups excluding carboxylic acids is 1. The van der Waals surface area contributed by atoms with Crippen LogP contribution in [-0.2, 0) is 10.5 Å². The molecule has 1 unspecified atom stereocenters. The lowest BCUT2D eigenvalue weighted by Gasteiger charge is -2.10. The molecule has 0 aliphatic rings. The zero-order chi connectivity index (χ0) is 15.2. The second-order valence-corrected chi connectivity index (χ2v) is 7.23. The van der Waals surface area contributed by atoms with Crippen LogP contribution >= 0.6 is 39.5 Å². The highest BCUT2D eigenvalue weighted by atomic mass is 79.9. The minimum atomic E-state index is -0.327. The molecule has 1 heterocycles. The summed E-state index contributed by atoms with van der Waals surface area (Å²) in [7, 11) is 0. The van der Waals surface area contributed by atoms with Crippen molar-refractivity contribution in [3.63, 3.8) is 0 Å². The predicted octanol–water partition coefficient (Wildman–Crippen LogP) is 3.81.